The number of nitrogens with zero attached hydrogens (tertiary/aromatic N) is 2. The van der Waals surface area contributed by atoms with E-state index in [9.17, 15) is 0 Å². The van der Waals surface area contributed by atoms with Crippen molar-refractivity contribution in [2.45, 2.75) is 62.9 Å². The van der Waals surface area contributed by atoms with Gasteiger partial charge < -0.3 is 10.6 Å². The van der Waals surface area contributed by atoms with Crippen molar-refractivity contribution < 1.29 is 0 Å². The van der Waals surface area contributed by atoms with Gasteiger partial charge in [0, 0.05) is 6.04 Å². The Morgan fingerprint density at radius 3 is 2.41 bits per heavy atom. The van der Waals surface area contributed by atoms with Gasteiger partial charge >= 0.3 is 0 Å². The number of nitriles is 1. The first kappa shape index (κ1) is 12.9. The Hall–Kier alpha value is -0.590. The first-order chi connectivity index (χ1) is 8.13. The summed E-state index contributed by atoms with van der Waals surface area (Å²) in [7, 11) is 2.24. The molecule has 0 spiro atoms. The van der Waals surface area contributed by atoms with Crippen molar-refractivity contribution in [3.05, 3.63) is 0 Å². The van der Waals surface area contributed by atoms with E-state index in [-0.39, 0.29) is 0 Å². The second kappa shape index (κ2) is 5.37. The topological polar surface area (TPSA) is 53.0 Å². The summed E-state index contributed by atoms with van der Waals surface area (Å²) in [6, 6.07) is 2.92. The van der Waals surface area contributed by atoms with Crippen LogP contribution in [0.15, 0.2) is 0 Å². The Balaban J connectivity index is 1.70. The summed E-state index contributed by atoms with van der Waals surface area (Å²) >= 11 is 0. The van der Waals surface area contributed by atoms with Crippen LogP contribution in [0.1, 0.15) is 51.4 Å². The quantitative estimate of drug-likeness (QED) is 0.813. The van der Waals surface area contributed by atoms with Gasteiger partial charge in [0.05, 0.1) is 6.07 Å². The minimum atomic E-state index is -0.536. The molecule has 96 valence electrons. The average Bonchev–Trinajstić information content (AvgIpc) is 2.28. The molecular formula is C14H25N3. The van der Waals surface area contributed by atoms with E-state index in [1.165, 1.54) is 32.2 Å². The van der Waals surface area contributed by atoms with Gasteiger partial charge in [-0.1, -0.05) is 19.3 Å². The smallest absolute Gasteiger partial charge is 0.104 e. The van der Waals surface area contributed by atoms with Crippen molar-refractivity contribution >= 4 is 0 Å². The maximum Gasteiger partial charge on any atom is 0.104 e. The highest BCUT2D eigenvalue weighted by atomic mass is 15.1. The molecular weight excluding hydrogens is 210 g/mol. The highest BCUT2D eigenvalue weighted by Crippen LogP contribution is 2.31. The van der Waals surface area contributed by atoms with Gasteiger partial charge in [0.15, 0.2) is 0 Å². The van der Waals surface area contributed by atoms with Gasteiger partial charge in [0.1, 0.15) is 5.54 Å². The zero-order valence-corrected chi connectivity index (χ0v) is 11.0. The Kier molecular flexibility index (Phi) is 4.06. The molecule has 0 unspecified atom stereocenters. The largest absolute Gasteiger partial charge is 0.313 e. The average molecular weight is 235 g/mol. The third kappa shape index (κ3) is 3.20. The van der Waals surface area contributed by atoms with Gasteiger partial charge in [-0.3, -0.25) is 0 Å². The lowest BCUT2D eigenvalue weighted by Gasteiger charge is -2.38. The molecule has 0 saturated heterocycles. The lowest BCUT2D eigenvalue weighted by Crippen LogP contribution is -2.47. The van der Waals surface area contributed by atoms with Gasteiger partial charge in [-0.15, -0.1) is 0 Å². The van der Waals surface area contributed by atoms with Crippen molar-refractivity contribution in [2.24, 2.45) is 11.7 Å². The molecule has 0 aliphatic heterocycles. The maximum atomic E-state index is 9.00. The molecule has 2 N–H and O–H groups in total. The summed E-state index contributed by atoms with van der Waals surface area (Å²) in [6.07, 6.45) is 9.59. The molecule has 0 aromatic carbocycles. The SMILES string of the molecule is CN(CCC1CCC1)C1CCC(N)(C#N)CC1. The predicted molar refractivity (Wildman–Crippen MR) is 69.4 cm³/mol. The molecule has 2 fully saturated rings. The molecule has 0 aromatic rings. The van der Waals surface area contributed by atoms with E-state index >= 15 is 0 Å². The molecule has 0 heterocycles. The van der Waals surface area contributed by atoms with Gasteiger partial charge in [0.25, 0.3) is 0 Å². The van der Waals surface area contributed by atoms with Crippen LogP contribution in [0, 0.1) is 17.2 Å². The molecule has 0 atom stereocenters. The molecule has 2 aliphatic carbocycles. The van der Waals surface area contributed by atoms with Crippen LogP contribution in [0.3, 0.4) is 0 Å². The fraction of sp³-hybridized carbons (Fsp3) is 0.929. The Morgan fingerprint density at radius 1 is 1.29 bits per heavy atom. The maximum absolute atomic E-state index is 9.00. The van der Waals surface area contributed by atoms with E-state index in [4.69, 9.17) is 11.0 Å². The van der Waals surface area contributed by atoms with Crippen LogP contribution >= 0.6 is 0 Å². The lowest BCUT2D eigenvalue weighted by atomic mass is 9.80. The molecule has 0 aromatic heterocycles. The van der Waals surface area contributed by atoms with E-state index in [1.807, 2.05) is 0 Å². The lowest BCUT2D eigenvalue weighted by molar-refractivity contribution is 0.148. The fourth-order valence-corrected chi connectivity index (χ4v) is 3.02. The Bertz CT molecular complexity index is 282. The number of nitrogens with two attached hydrogens (primary N) is 1. The molecule has 2 aliphatic rings. The monoisotopic (exact) mass is 235 g/mol. The van der Waals surface area contributed by atoms with Crippen molar-refractivity contribution in [3.8, 4) is 6.07 Å². The highest BCUT2D eigenvalue weighted by Gasteiger charge is 2.33. The molecule has 0 bridgehead atoms. The molecule has 3 nitrogen and oxygen atoms in total. The Morgan fingerprint density at radius 2 is 1.94 bits per heavy atom. The second-order valence-corrected chi connectivity index (χ2v) is 6.07. The van der Waals surface area contributed by atoms with E-state index in [0.29, 0.717) is 6.04 Å². The van der Waals surface area contributed by atoms with E-state index in [2.05, 4.69) is 18.0 Å². The normalized spacial score (nSPS) is 34.4. The van der Waals surface area contributed by atoms with Crippen LogP contribution in [0.2, 0.25) is 0 Å². The number of rotatable bonds is 4. The summed E-state index contributed by atoms with van der Waals surface area (Å²) < 4.78 is 0. The molecule has 2 rings (SSSR count). The fourth-order valence-electron chi connectivity index (χ4n) is 3.02. The standard InChI is InChI=1S/C14H25N3/c1-17(10-7-12-3-2-4-12)13-5-8-14(16,11-15)9-6-13/h12-13H,2-10,16H2,1H3. The summed E-state index contributed by atoms with van der Waals surface area (Å²) in [5.41, 5.74) is 5.46. The van der Waals surface area contributed by atoms with Gasteiger partial charge in [-0.05, 0) is 51.6 Å². The van der Waals surface area contributed by atoms with Crippen LogP contribution in [0.25, 0.3) is 0 Å². The van der Waals surface area contributed by atoms with E-state index in [1.54, 1.807) is 0 Å². The van der Waals surface area contributed by atoms with Crippen molar-refractivity contribution in [1.82, 2.24) is 4.90 Å². The van der Waals surface area contributed by atoms with Crippen LogP contribution in [0.5, 0.6) is 0 Å². The molecule has 0 amide bonds. The first-order valence-corrected chi connectivity index (χ1v) is 7.03. The van der Waals surface area contributed by atoms with Crippen molar-refractivity contribution in [3.63, 3.8) is 0 Å². The van der Waals surface area contributed by atoms with Crippen molar-refractivity contribution in [2.75, 3.05) is 13.6 Å². The molecule has 0 radical (unpaired) electrons. The summed E-state index contributed by atoms with van der Waals surface area (Å²) in [6.45, 7) is 1.22. The van der Waals surface area contributed by atoms with Crippen LogP contribution in [-0.4, -0.2) is 30.1 Å². The van der Waals surface area contributed by atoms with Gasteiger partial charge in [0.2, 0.25) is 0 Å². The zero-order chi connectivity index (χ0) is 12.3. The zero-order valence-electron chi connectivity index (χ0n) is 11.0. The third-order valence-corrected chi connectivity index (χ3v) is 4.81. The van der Waals surface area contributed by atoms with E-state index < -0.39 is 5.54 Å². The summed E-state index contributed by atoms with van der Waals surface area (Å²) in [5.74, 6) is 0.994. The Labute approximate surface area is 105 Å². The first-order valence-electron chi connectivity index (χ1n) is 7.03. The molecule has 3 heteroatoms. The van der Waals surface area contributed by atoms with Gasteiger partial charge in [-0.2, -0.15) is 5.26 Å². The minimum absolute atomic E-state index is 0.536. The molecule has 2 saturated carbocycles. The summed E-state index contributed by atoms with van der Waals surface area (Å²) in [5, 5.41) is 9.00. The van der Waals surface area contributed by atoms with Crippen LogP contribution < -0.4 is 5.73 Å². The predicted octanol–water partition coefficient (Wildman–Crippen LogP) is 2.27. The number of hydrogen-bond donors (Lipinski definition) is 1. The second-order valence-electron chi connectivity index (χ2n) is 6.07. The summed E-state index contributed by atoms with van der Waals surface area (Å²) in [4.78, 5) is 2.50. The van der Waals surface area contributed by atoms with Crippen LogP contribution in [-0.2, 0) is 0 Å². The van der Waals surface area contributed by atoms with E-state index in [0.717, 1.165) is 31.6 Å². The molecule has 17 heavy (non-hydrogen) atoms. The minimum Gasteiger partial charge on any atom is -0.313 e. The van der Waals surface area contributed by atoms with Crippen molar-refractivity contribution in [1.29, 1.82) is 5.26 Å². The number of hydrogen-bond acceptors (Lipinski definition) is 3. The highest BCUT2D eigenvalue weighted by molar-refractivity contribution is 5.07. The van der Waals surface area contributed by atoms with Crippen LogP contribution in [0.4, 0.5) is 0 Å². The third-order valence-electron chi connectivity index (χ3n) is 4.81. The van der Waals surface area contributed by atoms with Gasteiger partial charge in [-0.25, -0.2) is 0 Å².